The Kier molecular flexibility index (Phi) is 7.49. The molecule has 3 aromatic rings. The minimum absolute atomic E-state index is 0.189. The van der Waals surface area contributed by atoms with Crippen molar-refractivity contribution in [1.29, 1.82) is 5.26 Å². The highest BCUT2D eigenvalue weighted by molar-refractivity contribution is 7.16. The highest BCUT2D eigenvalue weighted by atomic mass is 32.1. The second-order valence-corrected chi connectivity index (χ2v) is 13.1. The number of amides is 1. The highest BCUT2D eigenvalue weighted by Crippen LogP contribution is 2.44. The number of carbonyl (C=O) groups excluding carboxylic acids is 2. The molecule has 1 aromatic carbocycles. The van der Waals surface area contributed by atoms with Gasteiger partial charge in [0.1, 0.15) is 11.1 Å². The number of nitrogens with zero attached hydrogens (tertiary/aromatic N) is 3. The molecule has 0 spiro atoms. The number of rotatable bonds is 5. The zero-order chi connectivity index (χ0) is 27.9. The van der Waals surface area contributed by atoms with Crippen LogP contribution >= 0.6 is 11.3 Å². The molecule has 0 saturated carbocycles. The number of benzene rings is 1. The maximum Gasteiger partial charge on any atom is 0.339 e. The molecular formula is C31H36N4O3S. The van der Waals surface area contributed by atoms with Gasteiger partial charge in [-0.1, -0.05) is 39.0 Å². The predicted octanol–water partition coefficient (Wildman–Crippen LogP) is 5.88. The Morgan fingerprint density at radius 1 is 1.23 bits per heavy atom. The van der Waals surface area contributed by atoms with Gasteiger partial charge in [-0.25, -0.2) is 4.79 Å². The standard InChI is InChI=1S/C31H36N4O3S/c1-18(2)35-13-12-25-23(16-35)28(21-8-6-7-9-24(21)33-25)30(37)38-17-27(36)34-29-22(15-32)20-11-10-19(31(3,4)5)14-26(20)39-29/h6-9,18-19H,10-14,16-17H2,1-5H3,(H,34,36). The van der Waals surface area contributed by atoms with Crippen molar-refractivity contribution in [2.45, 2.75) is 72.9 Å². The third-order valence-corrected chi connectivity index (χ3v) is 9.37. The SMILES string of the molecule is CC(C)N1CCc2nc3ccccc3c(C(=O)OCC(=O)Nc3sc4c(c3C#N)CCC(C(C)(C)C)C4)c2C1. The normalized spacial score (nSPS) is 17.4. The van der Waals surface area contributed by atoms with Gasteiger partial charge in [-0.2, -0.15) is 5.26 Å². The van der Waals surface area contributed by atoms with Crippen LogP contribution in [0.2, 0.25) is 0 Å². The molecule has 0 saturated heterocycles. The highest BCUT2D eigenvalue weighted by Gasteiger charge is 2.33. The molecule has 1 aliphatic heterocycles. The molecular weight excluding hydrogens is 508 g/mol. The average molecular weight is 545 g/mol. The molecule has 1 N–H and O–H groups in total. The molecule has 0 radical (unpaired) electrons. The summed E-state index contributed by atoms with van der Waals surface area (Å²) in [5.41, 5.74) is 4.83. The lowest BCUT2D eigenvalue weighted by Gasteiger charge is -2.33. The Bertz CT molecular complexity index is 1480. The fourth-order valence-electron chi connectivity index (χ4n) is 5.78. The Hall–Kier alpha value is -3.28. The number of hydrogen-bond donors (Lipinski definition) is 1. The quantitative estimate of drug-likeness (QED) is 0.403. The molecule has 0 bridgehead atoms. The molecule has 1 atom stereocenters. The van der Waals surface area contributed by atoms with Crippen LogP contribution in [0, 0.1) is 22.7 Å². The van der Waals surface area contributed by atoms with Crippen LogP contribution in [0.3, 0.4) is 0 Å². The number of nitriles is 1. The van der Waals surface area contributed by atoms with Crippen LogP contribution in [0.4, 0.5) is 5.00 Å². The van der Waals surface area contributed by atoms with Gasteiger partial charge in [0.2, 0.25) is 0 Å². The molecule has 1 unspecified atom stereocenters. The summed E-state index contributed by atoms with van der Waals surface area (Å²) in [7, 11) is 0. The van der Waals surface area contributed by atoms with Crippen molar-refractivity contribution in [1.82, 2.24) is 9.88 Å². The summed E-state index contributed by atoms with van der Waals surface area (Å²) in [6.45, 7) is 12.1. The number of para-hydroxylation sites is 1. The van der Waals surface area contributed by atoms with E-state index < -0.39 is 18.5 Å². The molecule has 7 nitrogen and oxygen atoms in total. The summed E-state index contributed by atoms with van der Waals surface area (Å²) in [6, 6.07) is 10.2. The fourth-order valence-corrected chi connectivity index (χ4v) is 7.08. The largest absolute Gasteiger partial charge is 0.452 e. The topological polar surface area (TPSA) is 95.3 Å². The van der Waals surface area contributed by atoms with Gasteiger partial charge in [0.05, 0.1) is 16.6 Å². The van der Waals surface area contributed by atoms with E-state index in [0.717, 1.165) is 60.0 Å². The number of anilines is 1. The lowest BCUT2D eigenvalue weighted by Crippen LogP contribution is -2.37. The zero-order valence-corrected chi connectivity index (χ0v) is 24.2. The van der Waals surface area contributed by atoms with Gasteiger partial charge in [0.25, 0.3) is 5.91 Å². The number of nitrogens with one attached hydrogen (secondary N) is 1. The first-order valence-electron chi connectivity index (χ1n) is 13.7. The van der Waals surface area contributed by atoms with Gasteiger partial charge in [-0.05, 0) is 56.1 Å². The number of thiophene rings is 1. The first-order valence-corrected chi connectivity index (χ1v) is 14.5. The smallest absolute Gasteiger partial charge is 0.339 e. The first-order chi connectivity index (χ1) is 18.6. The Morgan fingerprint density at radius 3 is 2.72 bits per heavy atom. The summed E-state index contributed by atoms with van der Waals surface area (Å²) < 4.78 is 5.59. The molecule has 5 rings (SSSR count). The lowest BCUT2D eigenvalue weighted by molar-refractivity contribution is -0.119. The minimum atomic E-state index is -0.524. The number of pyridine rings is 1. The Labute approximate surface area is 234 Å². The molecule has 2 aromatic heterocycles. The minimum Gasteiger partial charge on any atom is -0.452 e. The summed E-state index contributed by atoms with van der Waals surface area (Å²) in [5, 5.41) is 14.0. The summed E-state index contributed by atoms with van der Waals surface area (Å²) >= 11 is 1.48. The summed E-state index contributed by atoms with van der Waals surface area (Å²) in [5.74, 6) is -0.432. The number of aromatic nitrogens is 1. The van der Waals surface area contributed by atoms with Crippen molar-refractivity contribution in [2.75, 3.05) is 18.5 Å². The van der Waals surface area contributed by atoms with Crippen LogP contribution in [-0.4, -0.2) is 41.0 Å². The maximum atomic E-state index is 13.5. The Morgan fingerprint density at radius 2 is 2.00 bits per heavy atom. The van der Waals surface area contributed by atoms with Crippen molar-refractivity contribution in [3.05, 3.63) is 57.1 Å². The van der Waals surface area contributed by atoms with E-state index in [1.165, 1.54) is 16.2 Å². The van der Waals surface area contributed by atoms with Crippen LogP contribution in [0.15, 0.2) is 24.3 Å². The van der Waals surface area contributed by atoms with Crippen molar-refractivity contribution in [3.63, 3.8) is 0 Å². The summed E-state index contributed by atoms with van der Waals surface area (Å²) in [6.07, 6.45) is 3.55. The van der Waals surface area contributed by atoms with E-state index in [0.29, 0.717) is 34.6 Å². The zero-order valence-electron chi connectivity index (χ0n) is 23.4. The average Bonchev–Trinajstić information content (AvgIpc) is 3.25. The summed E-state index contributed by atoms with van der Waals surface area (Å²) in [4.78, 5) is 34.7. The van der Waals surface area contributed by atoms with E-state index in [1.54, 1.807) is 0 Å². The second kappa shape index (κ2) is 10.7. The molecule has 204 valence electrons. The van der Waals surface area contributed by atoms with E-state index in [4.69, 9.17) is 9.72 Å². The van der Waals surface area contributed by atoms with E-state index in [2.05, 4.69) is 50.9 Å². The van der Waals surface area contributed by atoms with E-state index in [-0.39, 0.29) is 5.41 Å². The molecule has 3 heterocycles. The van der Waals surface area contributed by atoms with Crippen molar-refractivity contribution >= 4 is 39.1 Å². The van der Waals surface area contributed by atoms with Crippen LogP contribution in [0.25, 0.3) is 10.9 Å². The molecule has 8 heteroatoms. The number of hydrogen-bond acceptors (Lipinski definition) is 7. The fraction of sp³-hybridized carbons (Fsp3) is 0.484. The molecule has 1 amide bonds. The van der Waals surface area contributed by atoms with Gasteiger partial charge >= 0.3 is 5.97 Å². The van der Waals surface area contributed by atoms with E-state index >= 15 is 0 Å². The van der Waals surface area contributed by atoms with Crippen molar-refractivity contribution < 1.29 is 14.3 Å². The molecule has 0 fully saturated rings. The first kappa shape index (κ1) is 27.3. The lowest BCUT2D eigenvalue weighted by atomic mass is 9.72. The maximum absolute atomic E-state index is 13.5. The number of fused-ring (bicyclic) bond motifs is 3. The third kappa shape index (κ3) is 5.43. The van der Waals surface area contributed by atoms with Gasteiger partial charge < -0.3 is 10.1 Å². The van der Waals surface area contributed by atoms with Crippen molar-refractivity contribution in [2.24, 2.45) is 11.3 Å². The van der Waals surface area contributed by atoms with Crippen molar-refractivity contribution in [3.8, 4) is 6.07 Å². The van der Waals surface area contributed by atoms with Crippen LogP contribution in [0.1, 0.15) is 78.7 Å². The van der Waals surface area contributed by atoms with Gasteiger partial charge in [0.15, 0.2) is 6.61 Å². The van der Waals surface area contributed by atoms with E-state index in [1.807, 2.05) is 24.3 Å². The molecule has 1 aliphatic carbocycles. The van der Waals surface area contributed by atoms with Gasteiger partial charge in [0, 0.05) is 47.1 Å². The molecule has 39 heavy (non-hydrogen) atoms. The predicted molar refractivity (Wildman–Crippen MR) is 154 cm³/mol. The number of carbonyl (C=O) groups is 2. The number of ether oxygens (including phenoxy) is 1. The van der Waals surface area contributed by atoms with E-state index in [9.17, 15) is 14.9 Å². The van der Waals surface area contributed by atoms with Gasteiger partial charge in [-0.3, -0.25) is 14.7 Å². The second-order valence-electron chi connectivity index (χ2n) is 12.0. The third-order valence-electron chi connectivity index (χ3n) is 8.20. The van der Waals surface area contributed by atoms with Gasteiger partial charge in [-0.15, -0.1) is 11.3 Å². The molecule has 2 aliphatic rings. The number of esters is 1. The van der Waals surface area contributed by atoms with Crippen LogP contribution in [0.5, 0.6) is 0 Å². The Balaban J connectivity index is 1.34. The monoisotopic (exact) mass is 544 g/mol. The van der Waals surface area contributed by atoms with Crippen LogP contribution < -0.4 is 5.32 Å². The van der Waals surface area contributed by atoms with Crippen LogP contribution in [-0.2, 0) is 35.3 Å².